The van der Waals surface area contributed by atoms with Crippen LogP contribution in [-0.2, 0) is 17.6 Å². The van der Waals surface area contributed by atoms with Crippen LogP contribution < -0.4 is 4.74 Å². The first kappa shape index (κ1) is 21.8. The lowest BCUT2D eigenvalue weighted by Gasteiger charge is -2.13. The molecule has 0 bridgehead atoms. The van der Waals surface area contributed by atoms with E-state index in [2.05, 4.69) is 35.3 Å². The summed E-state index contributed by atoms with van der Waals surface area (Å²) in [4.78, 5) is 4.09. The van der Waals surface area contributed by atoms with Crippen LogP contribution in [0.15, 0.2) is 60.9 Å². The number of nitrogens with zero attached hydrogens (tertiary/aromatic N) is 2. The summed E-state index contributed by atoms with van der Waals surface area (Å²) < 4.78 is 11.2. The average Bonchev–Trinajstić information content (AvgIpc) is 2.79. The van der Waals surface area contributed by atoms with E-state index >= 15 is 0 Å². The second kappa shape index (κ2) is 11.9. The minimum atomic E-state index is -0.515. The number of fused-ring (bicyclic) bond motifs is 1. The standard InChI is InChI=1S/C25H28N2O3/c26-12-3-15-29-14-2-5-20-6-8-23-17-25(11-9-22(23)16-20)30-19-24(28)10-7-21-4-1-13-27-18-21/h1,4,6,8-9,11,13,16-18,24,28H,2-3,5,7,10,14-15,19H2. The molecule has 0 aliphatic heterocycles. The van der Waals surface area contributed by atoms with E-state index in [-0.39, 0.29) is 6.61 Å². The minimum absolute atomic E-state index is 0.273. The summed E-state index contributed by atoms with van der Waals surface area (Å²) in [5.74, 6) is 0.765. The van der Waals surface area contributed by atoms with Crippen molar-refractivity contribution in [2.45, 2.75) is 38.2 Å². The summed E-state index contributed by atoms with van der Waals surface area (Å²) in [7, 11) is 0. The molecule has 3 aromatic rings. The fourth-order valence-electron chi connectivity index (χ4n) is 3.27. The molecule has 0 aliphatic carbocycles. The van der Waals surface area contributed by atoms with Gasteiger partial charge in [-0.15, -0.1) is 0 Å². The number of hydrogen-bond donors (Lipinski definition) is 1. The van der Waals surface area contributed by atoms with Gasteiger partial charge in [0.1, 0.15) is 12.4 Å². The molecule has 0 saturated carbocycles. The number of rotatable bonds is 12. The second-order valence-electron chi connectivity index (χ2n) is 7.33. The lowest BCUT2D eigenvalue weighted by molar-refractivity contribution is 0.100. The molecule has 1 unspecified atom stereocenters. The number of aliphatic hydroxyl groups excluding tert-OH is 1. The van der Waals surface area contributed by atoms with E-state index in [1.165, 1.54) is 10.9 Å². The van der Waals surface area contributed by atoms with Crippen LogP contribution in [0, 0.1) is 11.3 Å². The highest BCUT2D eigenvalue weighted by atomic mass is 16.5. The van der Waals surface area contributed by atoms with Gasteiger partial charge in [0, 0.05) is 19.0 Å². The number of nitriles is 1. The maximum absolute atomic E-state index is 10.2. The maximum Gasteiger partial charge on any atom is 0.120 e. The van der Waals surface area contributed by atoms with Crippen molar-refractivity contribution in [2.24, 2.45) is 0 Å². The van der Waals surface area contributed by atoms with Crippen LogP contribution in [0.25, 0.3) is 10.8 Å². The average molecular weight is 405 g/mol. The number of ether oxygens (including phenoxy) is 2. The Morgan fingerprint density at radius 2 is 1.87 bits per heavy atom. The van der Waals surface area contributed by atoms with Gasteiger partial charge in [0.15, 0.2) is 0 Å². The van der Waals surface area contributed by atoms with E-state index in [1.807, 2.05) is 30.5 Å². The zero-order valence-corrected chi connectivity index (χ0v) is 17.2. The molecular weight excluding hydrogens is 376 g/mol. The minimum Gasteiger partial charge on any atom is -0.491 e. The van der Waals surface area contributed by atoms with Gasteiger partial charge in [-0.2, -0.15) is 5.26 Å². The summed E-state index contributed by atoms with van der Waals surface area (Å²) in [5, 5.41) is 21.0. The van der Waals surface area contributed by atoms with Gasteiger partial charge in [-0.25, -0.2) is 0 Å². The van der Waals surface area contributed by atoms with Crippen LogP contribution in [0.4, 0.5) is 0 Å². The second-order valence-corrected chi connectivity index (χ2v) is 7.33. The number of aromatic nitrogens is 1. The van der Waals surface area contributed by atoms with Crippen LogP contribution >= 0.6 is 0 Å². The van der Waals surface area contributed by atoms with Gasteiger partial charge < -0.3 is 14.6 Å². The zero-order valence-electron chi connectivity index (χ0n) is 17.2. The van der Waals surface area contributed by atoms with Crippen molar-refractivity contribution >= 4 is 10.8 Å². The third-order valence-electron chi connectivity index (χ3n) is 4.92. The summed E-state index contributed by atoms with van der Waals surface area (Å²) in [6.45, 7) is 1.46. The summed E-state index contributed by atoms with van der Waals surface area (Å²) >= 11 is 0. The fourth-order valence-corrected chi connectivity index (χ4v) is 3.27. The number of aliphatic hydroxyl groups is 1. The molecule has 0 aliphatic rings. The highest BCUT2D eigenvalue weighted by molar-refractivity contribution is 5.84. The van der Waals surface area contributed by atoms with Crippen molar-refractivity contribution in [1.29, 1.82) is 5.26 Å². The topological polar surface area (TPSA) is 75.4 Å². The number of hydrogen-bond acceptors (Lipinski definition) is 5. The Bertz CT molecular complexity index is 954. The van der Waals surface area contributed by atoms with Gasteiger partial charge in [0.2, 0.25) is 0 Å². The number of pyridine rings is 1. The smallest absolute Gasteiger partial charge is 0.120 e. The molecular formula is C25H28N2O3. The van der Waals surface area contributed by atoms with Crippen molar-refractivity contribution in [3.63, 3.8) is 0 Å². The van der Waals surface area contributed by atoms with Crippen LogP contribution in [-0.4, -0.2) is 36.0 Å². The highest BCUT2D eigenvalue weighted by Crippen LogP contribution is 2.23. The molecule has 30 heavy (non-hydrogen) atoms. The molecule has 0 saturated heterocycles. The molecule has 0 fully saturated rings. The molecule has 0 spiro atoms. The van der Waals surface area contributed by atoms with Gasteiger partial charge in [0.05, 0.1) is 25.2 Å². The van der Waals surface area contributed by atoms with Crippen molar-refractivity contribution in [1.82, 2.24) is 4.98 Å². The Balaban J connectivity index is 1.45. The summed E-state index contributed by atoms with van der Waals surface area (Å²) in [5.41, 5.74) is 2.39. The number of aryl methyl sites for hydroxylation is 2. The summed E-state index contributed by atoms with van der Waals surface area (Å²) in [6.07, 6.45) is 6.82. The molecule has 0 amide bonds. The lowest BCUT2D eigenvalue weighted by Crippen LogP contribution is -2.18. The lowest BCUT2D eigenvalue weighted by atomic mass is 10.0. The first-order valence-corrected chi connectivity index (χ1v) is 10.4. The maximum atomic E-state index is 10.2. The molecule has 0 radical (unpaired) electrons. The van der Waals surface area contributed by atoms with Gasteiger partial charge in [-0.05, 0) is 65.8 Å². The molecule has 5 heteroatoms. The van der Waals surface area contributed by atoms with Crippen molar-refractivity contribution < 1.29 is 14.6 Å². The predicted octanol–water partition coefficient (Wildman–Crippen LogP) is 4.47. The fraction of sp³-hybridized carbons (Fsp3) is 0.360. The van der Waals surface area contributed by atoms with E-state index in [9.17, 15) is 5.11 Å². The normalized spacial score (nSPS) is 11.9. The first-order chi connectivity index (χ1) is 14.7. The molecule has 1 heterocycles. The monoisotopic (exact) mass is 404 g/mol. The zero-order chi connectivity index (χ0) is 21.0. The first-order valence-electron chi connectivity index (χ1n) is 10.4. The largest absolute Gasteiger partial charge is 0.491 e. The molecule has 1 N–H and O–H groups in total. The molecule has 5 nitrogen and oxygen atoms in total. The molecule has 156 valence electrons. The number of benzene rings is 2. The van der Waals surface area contributed by atoms with E-state index < -0.39 is 6.10 Å². The molecule has 1 aromatic heterocycles. The molecule has 3 rings (SSSR count). The Hall–Kier alpha value is -2.94. The van der Waals surface area contributed by atoms with Gasteiger partial charge in [-0.3, -0.25) is 4.98 Å². The Morgan fingerprint density at radius 3 is 2.70 bits per heavy atom. The SMILES string of the molecule is N#CCCOCCCc1ccc2cc(OCC(O)CCc3cccnc3)ccc2c1. The summed E-state index contributed by atoms with van der Waals surface area (Å²) in [6, 6.07) is 18.4. The van der Waals surface area contributed by atoms with E-state index in [0.29, 0.717) is 26.1 Å². The van der Waals surface area contributed by atoms with Crippen molar-refractivity contribution in [2.75, 3.05) is 19.8 Å². The van der Waals surface area contributed by atoms with Crippen LogP contribution in [0.1, 0.15) is 30.4 Å². The van der Waals surface area contributed by atoms with E-state index in [4.69, 9.17) is 14.7 Å². The van der Waals surface area contributed by atoms with Gasteiger partial charge in [0.25, 0.3) is 0 Å². The third kappa shape index (κ3) is 7.14. The highest BCUT2D eigenvalue weighted by Gasteiger charge is 2.07. The van der Waals surface area contributed by atoms with Crippen molar-refractivity contribution in [3.05, 3.63) is 72.1 Å². The quantitative estimate of drug-likeness (QED) is 0.451. The predicted molar refractivity (Wildman–Crippen MR) is 117 cm³/mol. The van der Waals surface area contributed by atoms with Crippen LogP contribution in [0.3, 0.4) is 0 Å². The van der Waals surface area contributed by atoms with Crippen LogP contribution in [0.2, 0.25) is 0 Å². The van der Waals surface area contributed by atoms with Crippen LogP contribution in [0.5, 0.6) is 5.75 Å². The van der Waals surface area contributed by atoms with Gasteiger partial charge in [-0.1, -0.05) is 30.3 Å². The van der Waals surface area contributed by atoms with E-state index in [0.717, 1.165) is 36.0 Å². The van der Waals surface area contributed by atoms with E-state index in [1.54, 1.807) is 6.20 Å². The Morgan fingerprint density at radius 1 is 1.00 bits per heavy atom. The Labute approximate surface area is 177 Å². The molecule has 1 atom stereocenters. The van der Waals surface area contributed by atoms with Gasteiger partial charge >= 0.3 is 0 Å². The van der Waals surface area contributed by atoms with Crippen molar-refractivity contribution in [3.8, 4) is 11.8 Å². The Kier molecular flexibility index (Phi) is 8.64. The molecule has 2 aromatic carbocycles. The third-order valence-corrected chi connectivity index (χ3v) is 4.92.